The zero-order valence-electron chi connectivity index (χ0n) is 17.6. The number of hydrogen-bond acceptors (Lipinski definition) is 7. The number of hydrogen-bond donors (Lipinski definition) is 1. The number of thioether (sulfide) groups is 1. The van der Waals surface area contributed by atoms with Gasteiger partial charge in [-0.25, -0.2) is 0 Å². The fourth-order valence-electron chi connectivity index (χ4n) is 3.88. The predicted octanol–water partition coefficient (Wildman–Crippen LogP) is 2.21. The molecule has 9 heteroatoms. The van der Waals surface area contributed by atoms with Gasteiger partial charge < -0.3 is 19.9 Å². The Hall–Kier alpha value is -2.83. The van der Waals surface area contributed by atoms with E-state index in [1.807, 2.05) is 18.2 Å². The van der Waals surface area contributed by atoms with Gasteiger partial charge in [0.2, 0.25) is 5.91 Å². The largest absolute Gasteiger partial charge is 0.361 e. The second-order valence-corrected chi connectivity index (χ2v) is 9.59. The summed E-state index contributed by atoms with van der Waals surface area (Å²) in [5.74, 6) is 0.485. The van der Waals surface area contributed by atoms with E-state index in [0.717, 1.165) is 17.6 Å². The summed E-state index contributed by atoms with van der Waals surface area (Å²) in [7, 11) is 0. The van der Waals surface area contributed by atoms with Crippen molar-refractivity contribution in [2.75, 3.05) is 43.0 Å². The third-order valence-corrected chi connectivity index (χ3v) is 6.46. The normalized spacial score (nSPS) is 20.5. The fourth-order valence-corrected chi connectivity index (χ4v) is 4.99. The van der Waals surface area contributed by atoms with Crippen molar-refractivity contribution in [3.63, 3.8) is 0 Å². The van der Waals surface area contributed by atoms with Crippen LogP contribution in [0.5, 0.6) is 0 Å². The van der Waals surface area contributed by atoms with Crippen molar-refractivity contribution in [1.29, 1.82) is 5.26 Å². The number of fused-ring (bicyclic) bond motifs is 1. The summed E-state index contributed by atoms with van der Waals surface area (Å²) in [6.45, 7) is 6.24. The van der Waals surface area contributed by atoms with Crippen LogP contribution >= 0.6 is 11.8 Å². The smallest absolute Gasteiger partial charge is 0.252 e. The third kappa shape index (κ3) is 4.60. The SMILES string of the molecule is CC1(C)COCN(c2ccc3nccc(C(=O)NCC(=O)N4CSC[C@H]4C#N)c3c2)C1. The Morgan fingerprint density at radius 1 is 1.39 bits per heavy atom. The molecule has 2 amide bonds. The van der Waals surface area contributed by atoms with Crippen molar-refractivity contribution in [1.82, 2.24) is 15.2 Å². The Bertz CT molecular complexity index is 1050. The maximum atomic E-state index is 12.9. The van der Waals surface area contributed by atoms with Crippen molar-refractivity contribution in [2.45, 2.75) is 19.9 Å². The van der Waals surface area contributed by atoms with Gasteiger partial charge in [0.1, 0.15) is 12.8 Å². The first-order valence-corrected chi connectivity index (χ1v) is 11.3. The topological polar surface area (TPSA) is 98.6 Å². The van der Waals surface area contributed by atoms with Crippen LogP contribution in [0, 0.1) is 16.7 Å². The number of nitrogens with zero attached hydrogens (tertiary/aromatic N) is 4. The minimum atomic E-state index is -0.435. The van der Waals surface area contributed by atoms with Gasteiger partial charge in [-0.2, -0.15) is 5.26 Å². The third-order valence-electron chi connectivity index (χ3n) is 5.45. The van der Waals surface area contributed by atoms with E-state index in [1.54, 1.807) is 12.3 Å². The molecule has 2 fully saturated rings. The second kappa shape index (κ2) is 8.73. The van der Waals surface area contributed by atoms with E-state index in [2.05, 4.69) is 35.1 Å². The van der Waals surface area contributed by atoms with Gasteiger partial charge in [0, 0.05) is 35.0 Å². The lowest BCUT2D eigenvalue weighted by atomic mass is 9.93. The molecule has 1 N–H and O–H groups in total. The maximum Gasteiger partial charge on any atom is 0.252 e. The summed E-state index contributed by atoms with van der Waals surface area (Å²) in [5.41, 5.74) is 2.17. The molecule has 0 bridgehead atoms. The minimum absolute atomic E-state index is 0.0395. The molecule has 0 aliphatic carbocycles. The van der Waals surface area contributed by atoms with E-state index < -0.39 is 6.04 Å². The highest BCUT2D eigenvalue weighted by molar-refractivity contribution is 7.99. The lowest BCUT2D eigenvalue weighted by Gasteiger charge is -2.39. The molecule has 4 rings (SSSR count). The summed E-state index contributed by atoms with van der Waals surface area (Å²) in [4.78, 5) is 33.4. The molecule has 162 valence electrons. The quantitative estimate of drug-likeness (QED) is 0.780. The Morgan fingerprint density at radius 2 is 2.23 bits per heavy atom. The molecule has 1 atom stereocenters. The van der Waals surface area contributed by atoms with E-state index in [0.29, 0.717) is 36.0 Å². The maximum absolute atomic E-state index is 12.9. The van der Waals surface area contributed by atoms with E-state index in [4.69, 9.17) is 10.00 Å². The summed E-state index contributed by atoms with van der Waals surface area (Å²) < 4.78 is 5.74. The van der Waals surface area contributed by atoms with Crippen LogP contribution in [0.2, 0.25) is 0 Å². The summed E-state index contributed by atoms with van der Waals surface area (Å²) >= 11 is 1.54. The van der Waals surface area contributed by atoms with E-state index >= 15 is 0 Å². The molecule has 1 aromatic carbocycles. The molecule has 2 aromatic rings. The molecule has 0 unspecified atom stereocenters. The molecule has 8 nitrogen and oxygen atoms in total. The van der Waals surface area contributed by atoms with Gasteiger partial charge >= 0.3 is 0 Å². The first-order chi connectivity index (χ1) is 14.9. The molecular weight excluding hydrogens is 414 g/mol. The fraction of sp³-hybridized carbons (Fsp3) is 0.455. The molecule has 2 aliphatic rings. The van der Waals surface area contributed by atoms with Crippen LogP contribution in [0.3, 0.4) is 0 Å². The predicted molar refractivity (Wildman–Crippen MR) is 120 cm³/mol. The standard InChI is InChI=1S/C22H25N5O3S/c1-22(2)11-26(13-30-12-22)15-3-4-19-18(7-15)17(5-6-24-19)21(29)25-9-20(28)27-14-31-10-16(27)8-23/h3-7,16H,9-14H2,1-2H3,(H,25,29)/t16-/m1/s1. The Kier molecular flexibility index (Phi) is 6.03. The van der Waals surface area contributed by atoms with Gasteiger partial charge in [0.15, 0.2) is 0 Å². The molecule has 2 aliphatic heterocycles. The van der Waals surface area contributed by atoms with Gasteiger partial charge in [-0.15, -0.1) is 11.8 Å². The zero-order chi connectivity index (χ0) is 22.0. The molecular formula is C22H25N5O3S. The Morgan fingerprint density at radius 3 is 3.00 bits per heavy atom. The van der Waals surface area contributed by atoms with Crippen molar-refractivity contribution in [3.8, 4) is 6.07 Å². The van der Waals surface area contributed by atoms with Crippen LogP contribution in [0.25, 0.3) is 10.9 Å². The number of amides is 2. The average Bonchev–Trinajstić information content (AvgIpc) is 3.25. The van der Waals surface area contributed by atoms with Crippen LogP contribution in [0.15, 0.2) is 30.5 Å². The Labute approximate surface area is 185 Å². The minimum Gasteiger partial charge on any atom is -0.361 e. The average molecular weight is 440 g/mol. The first-order valence-electron chi connectivity index (χ1n) is 10.1. The lowest BCUT2D eigenvalue weighted by Crippen LogP contribution is -2.44. The molecule has 1 aromatic heterocycles. The number of carbonyl (C=O) groups excluding carboxylic acids is 2. The molecule has 0 spiro atoms. The number of benzene rings is 1. The Balaban J connectivity index is 1.52. The number of nitriles is 1. The molecule has 3 heterocycles. The van der Waals surface area contributed by atoms with Gasteiger partial charge in [-0.1, -0.05) is 13.8 Å². The zero-order valence-corrected chi connectivity index (χ0v) is 18.4. The first kappa shape index (κ1) is 21.4. The van der Waals surface area contributed by atoms with Crippen molar-refractivity contribution < 1.29 is 14.3 Å². The van der Waals surface area contributed by atoms with Crippen LogP contribution in [0.4, 0.5) is 5.69 Å². The van der Waals surface area contributed by atoms with Crippen LogP contribution in [-0.2, 0) is 9.53 Å². The summed E-state index contributed by atoms with van der Waals surface area (Å²) in [6, 6.07) is 9.19. The molecule has 2 saturated heterocycles. The highest BCUT2D eigenvalue weighted by Gasteiger charge is 2.30. The number of rotatable bonds is 4. The molecule has 31 heavy (non-hydrogen) atoms. The number of pyridine rings is 1. The van der Waals surface area contributed by atoms with Crippen LogP contribution in [0.1, 0.15) is 24.2 Å². The van der Waals surface area contributed by atoms with Gasteiger partial charge in [-0.05, 0) is 24.3 Å². The lowest BCUT2D eigenvalue weighted by molar-refractivity contribution is -0.129. The van der Waals surface area contributed by atoms with Crippen LogP contribution in [-0.4, -0.2) is 65.8 Å². The van der Waals surface area contributed by atoms with Crippen molar-refractivity contribution in [3.05, 3.63) is 36.0 Å². The molecule has 0 radical (unpaired) electrons. The van der Waals surface area contributed by atoms with Gasteiger partial charge in [0.05, 0.1) is 36.2 Å². The van der Waals surface area contributed by atoms with Crippen LogP contribution < -0.4 is 10.2 Å². The van der Waals surface area contributed by atoms with Crippen molar-refractivity contribution >= 4 is 40.2 Å². The highest BCUT2D eigenvalue weighted by Crippen LogP contribution is 2.29. The number of anilines is 1. The van der Waals surface area contributed by atoms with E-state index in [9.17, 15) is 9.59 Å². The number of nitrogens with one attached hydrogen (secondary N) is 1. The highest BCUT2D eigenvalue weighted by atomic mass is 32.2. The molecule has 0 saturated carbocycles. The monoisotopic (exact) mass is 439 g/mol. The van der Waals surface area contributed by atoms with Crippen molar-refractivity contribution in [2.24, 2.45) is 5.41 Å². The van der Waals surface area contributed by atoms with E-state index in [1.165, 1.54) is 16.7 Å². The van der Waals surface area contributed by atoms with Gasteiger partial charge in [-0.3, -0.25) is 14.6 Å². The van der Waals surface area contributed by atoms with Gasteiger partial charge in [0.25, 0.3) is 5.91 Å². The summed E-state index contributed by atoms with van der Waals surface area (Å²) in [6.07, 6.45) is 1.59. The number of aromatic nitrogens is 1. The summed E-state index contributed by atoms with van der Waals surface area (Å²) in [5, 5.41) is 12.6. The number of carbonyl (C=O) groups is 2. The van der Waals surface area contributed by atoms with E-state index in [-0.39, 0.29) is 23.8 Å². The second-order valence-electron chi connectivity index (χ2n) is 8.59. The number of ether oxygens (including phenoxy) is 1.